The van der Waals surface area contributed by atoms with Gasteiger partial charge in [-0.3, -0.25) is 4.79 Å². The van der Waals surface area contributed by atoms with Gasteiger partial charge in [-0.05, 0) is 29.8 Å². The smallest absolute Gasteiger partial charge is 0.270 e. The zero-order valence-electron chi connectivity index (χ0n) is 16.6. The van der Waals surface area contributed by atoms with E-state index in [9.17, 15) is 26.4 Å². The maximum atomic E-state index is 14.9. The molecule has 3 N–H and O–H groups in total. The van der Waals surface area contributed by atoms with Gasteiger partial charge in [0.1, 0.15) is 5.82 Å². The Hall–Kier alpha value is -2.56. The third kappa shape index (κ3) is 4.22. The van der Waals surface area contributed by atoms with Crippen LogP contribution in [0.5, 0.6) is 0 Å². The first-order valence-electron chi connectivity index (χ1n) is 9.60. The van der Waals surface area contributed by atoms with Crippen molar-refractivity contribution in [3.8, 4) is 0 Å². The second-order valence-electron chi connectivity index (χ2n) is 7.88. The highest BCUT2D eigenvalue weighted by Gasteiger charge is 2.57. The van der Waals surface area contributed by atoms with Gasteiger partial charge in [-0.2, -0.15) is 0 Å². The van der Waals surface area contributed by atoms with Crippen LogP contribution in [0.3, 0.4) is 0 Å². The van der Waals surface area contributed by atoms with Gasteiger partial charge >= 0.3 is 0 Å². The van der Waals surface area contributed by atoms with Crippen molar-refractivity contribution < 1.29 is 26.4 Å². The Bertz CT molecular complexity index is 1220. The van der Waals surface area contributed by atoms with E-state index < -0.39 is 56.6 Å². The number of nitrogens with one attached hydrogen (secondary N) is 1. The van der Waals surface area contributed by atoms with Crippen molar-refractivity contribution in [2.75, 3.05) is 10.7 Å². The normalized spacial score (nSPS) is 23.3. The molecule has 1 fully saturated rings. The zero-order valence-corrected chi connectivity index (χ0v) is 18.2. The number of amides is 1. The van der Waals surface area contributed by atoms with Crippen LogP contribution in [0.15, 0.2) is 47.9 Å². The average molecular weight is 486 g/mol. The Labute approximate surface area is 187 Å². The minimum absolute atomic E-state index is 0.0576. The summed E-state index contributed by atoms with van der Waals surface area (Å²) in [5.41, 5.74) is 6.01. The molecular formula is C21H19ClF3N3O3S. The number of rotatable bonds is 5. The molecule has 6 nitrogen and oxygen atoms in total. The highest BCUT2D eigenvalue weighted by molar-refractivity contribution is 7.91. The number of halogens is 4. The number of hydrogen-bond acceptors (Lipinski definition) is 5. The van der Waals surface area contributed by atoms with Crippen molar-refractivity contribution in [3.05, 3.63) is 64.9 Å². The molecule has 11 heteroatoms. The molecule has 1 heterocycles. The van der Waals surface area contributed by atoms with Crippen LogP contribution in [0, 0.1) is 5.82 Å². The molecule has 2 aromatic rings. The van der Waals surface area contributed by atoms with Crippen molar-refractivity contribution in [1.29, 1.82) is 0 Å². The molecular weight excluding hydrogens is 467 g/mol. The Kier molecular flexibility index (Phi) is 5.51. The number of nitrogens with zero attached hydrogens (tertiary/aromatic N) is 1. The summed E-state index contributed by atoms with van der Waals surface area (Å²) in [7, 11) is -4.11. The lowest BCUT2D eigenvalue weighted by atomic mass is 10.1. The maximum absolute atomic E-state index is 14.9. The number of nitrogens with two attached hydrogens (primary N) is 1. The van der Waals surface area contributed by atoms with E-state index in [2.05, 4.69) is 11.9 Å². The Morgan fingerprint density at radius 3 is 2.50 bits per heavy atom. The number of hydrogen-bond donors (Lipinski definition) is 2. The van der Waals surface area contributed by atoms with E-state index in [-0.39, 0.29) is 23.5 Å². The summed E-state index contributed by atoms with van der Waals surface area (Å²) in [6.07, 6.45) is -0.414. The zero-order chi connectivity index (χ0) is 23.4. The van der Waals surface area contributed by atoms with Crippen molar-refractivity contribution in [3.63, 3.8) is 0 Å². The summed E-state index contributed by atoms with van der Waals surface area (Å²) in [5.74, 6) is -5.25. The van der Waals surface area contributed by atoms with Crippen LogP contribution in [0.4, 0.5) is 18.9 Å². The van der Waals surface area contributed by atoms with Gasteiger partial charge < -0.3 is 16.0 Å². The van der Waals surface area contributed by atoms with Crippen LogP contribution < -0.4 is 16.0 Å². The summed E-state index contributed by atoms with van der Waals surface area (Å²) in [4.78, 5) is 13.7. The lowest BCUT2D eigenvalue weighted by molar-refractivity contribution is -0.119. The van der Waals surface area contributed by atoms with E-state index in [0.717, 1.165) is 17.0 Å². The van der Waals surface area contributed by atoms with Gasteiger partial charge in [0.05, 0.1) is 35.0 Å². The predicted molar refractivity (Wildman–Crippen MR) is 115 cm³/mol. The van der Waals surface area contributed by atoms with Gasteiger partial charge in [0.2, 0.25) is 5.91 Å². The first-order valence-corrected chi connectivity index (χ1v) is 11.6. The minimum Gasteiger partial charge on any atom is -0.376 e. The fourth-order valence-corrected chi connectivity index (χ4v) is 5.24. The fraction of sp³-hybridized carbons (Fsp3) is 0.286. The van der Waals surface area contributed by atoms with E-state index in [1.807, 2.05) is 0 Å². The van der Waals surface area contributed by atoms with Crippen molar-refractivity contribution >= 4 is 38.7 Å². The maximum Gasteiger partial charge on any atom is 0.270 e. The summed E-state index contributed by atoms with van der Waals surface area (Å²) >= 11 is 5.90. The van der Waals surface area contributed by atoms with E-state index in [4.69, 9.17) is 17.3 Å². The minimum atomic E-state index is -4.11. The molecule has 1 amide bonds. The lowest BCUT2D eigenvalue weighted by Crippen LogP contribution is -2.45. The van der Waals surface area contributed by atoms with E-state index in [0.29, 0.717) is 10.6 Å². The largest absolute Gasteiger partial charge is 0.376 e. The molecule has 32 heavy (non-hydrogen) atoms. The lowest BCUT2D eigenvalue weighted by Gasteiger charge is -2.25. The van der Waals surface area contributed by atoms with Gasteiger partial charge in [-0.1, -0.05) is 30.3 Å². The molecule has 170 valence electrons. The quantitative estimate of drug-likeness (QED) is 0.679. The average Bonchev–Trinajstić information content (AvgIpc) is 3.32. The molecule has 2 aliphatic rings. The van der Waals surface area contributed by atoms with Gasteiger partial charge in [0.25, 0.3) is 5.92 Å². The molecule has 0 spiro atoms. The van der Waals surface area contributed by atoms with Crippen LogP contribution in [-0.2, 0) is 21.2 Å². The molecule has 2 atom stereocenters. The van der Waals surface area contributed by atoms with Crippen LogP contribution in [-0.4, -0.2) is 38.1 Å². The Balaban J connectivity index is 1.80. The molecule has 2 aromatic carbocycles. The molecule has 1 aliphatic carbocycles. The number of carbonyl (C=O) groups is 1. The molecule has 4 rings (SSSR count). The number of carbonyl (C=O) groups excluding carboxylic acids is 1. The summed E-state index contributed by atoms with van der Waals surface area (Å²) in [6.45, 7) is 3.56. The van der Waals surface area contributed by atoms with Gasteiger partial charge in [0.15, 0.2) is 9.84 Å². The molecule has 0 radical (unpaired) electrons. The Morgan fingerprint density at radius 2 is 1.91 bits per heavy atom. The van der Waals surface area contributed by atoms with Crippen LogP contribution in [0.1, 0.15) is 17.5 Å². The van der Waals surface area contributed by atoms with Crippen molar-refractivity contribution in [1.82, 2.24) is 5.32 Å². The summed E-state index contributed by atoms with van der Waals surface area (Å²) in [6, 6.07) is 5.88. The monoisotopic (exact) mass is 485 g/mol. The highest BCUT2D eigenvalue weighted by atomic mass is 35.5. The third-order valence-corrected chi connectivity index (χ3v) is 7.46. The van der Waals surface area contributed by atoms with E-state index in [1.165, 1.54) is 0 Å². The molecule has 0 saturated heterocycles. The van der Waals surface area contributed by atoms with Crippen molar-refractivity contribution in [2.45, 2.75) is 35.9 Å². The van der Waals surface area contributed by atoms with Gasteiger partial charge in [0, 0.05) is 22.7 Å². The summed E-state index contributed by atoms with van der Waals surface area (Å²) in [5, 5.41) is 2.93. The van der Waals surface area contributed by atoms with Gasteiger partial charge in [-0.15, -0.1) is 0 Å². The first-order chi connectivity index (χ1) is 14.9. The molecule has 1 saturated carbocycles. The standard InChI is InChI=1S/C21H19ClF3N3O3S/c1-11(27-19-8-21(19,24)25)14-6-17-18(7-15(14)23)32(30,31)10-16(26)20(29)28(17)9-12-2-4-13(22)5-3-12/h2-7,16,19,27H,1,8-10,26H2/t16-,19?/m0/s1. The van der Waals surface area contributed by atoms with Crippen LogP contribution in [0.25, 0.3) is 5.70 Å². The predicted octanol–water partition coefficient (Wildman–Crippen LogP) is 3.09. The number of anilines is 1. The van der Waals surface area contributed by atoms with E-state index >= 15 is 0 Å². The number of benzene rings is 2. The van der Waals surface area contributed by atoms with Crippen LogP contribution >= 0.6 is 11.6 Å². The first kappa shape index (κ1) is 22.6. The van der Waals surface area contributed by atoms with Crippen molar-refractivity contribution in [2.24, 2.45) is 5.73 Å². The summed E-state index contributed by atoms with van der Waals surface area (Å²) < 4.78 is 67.0. The van der Waals surface area contributed by atoms with Gasteiger partial charge in [-0.25, -0.2) is 21.6 Å². The number of sulfone groups is 1. The molecule has 0 aromatic heterocycles. The number of alkyl halides is 2. The second kappa shape index (κ2) is 7.79. The van der Waals surface area contributed by atoms with Crippen LogP contribution in [0.2, 0.25) is 5.02 Å². The third-order valence-electron chi connectivity index (χ3n) is 5.41. The highest BCUT2D eigenvalue weighted by Crippen LogP contribution is 2.43. The second-order valence-corrected chi connectivity index (χ2v) is 10.3. The SMILES string of the molecule is C=C(NC1CC1(F)F)c1cc2c(cc1F)S(=O)(=O)C[C@H](N)C(=O)N2Cc1ccc(Cl)cc1. The Morgan fingerprint density at radius 1 is 1.28 bits per heavy atom. The van der Waals surface area contributed by atoms with E-state index in [1.54, 1.807) is 24.3 Å². The number of fused-ring (bicyclic) bond motifs is 1. The molecule has 1 unspecified atom stereocenters. The molecule has 1 aliphatic heterocycles. The fourth-order valence-electron chi connectivity index (χ4n) is 3.54. The molecule has 0 bridgehead atoms. The topological polar surface area (TPSA) is 92.5 Å².